The Morgan fingerprint density at radius 2 is 1.97 bits per heavy atom. The molecule has 3 heterocycles. The number of hydrogen-bond acceptors (Lipinski definition) is 5. The van der Waals surface area contributed by atoms with E-state index in [1.165, 1.54) is 0 Å². The van der Waals surface area contributed by atoms with Gasteiger partial charge in [-0.15, -0.1) is 0 Å². The summed E-state index contributed by atoms with van der Waals surface area (Å²) >= 11 is 0. The SMILES string of the molecule is CCn1nc(-c2nc(-c3ccc(C(N)=O)cc3)nn2CCc2cnc[nH]2)cc1C. The topological polar surface area (TPSA) is 120 Å². The van der Waals surface area contributed by atoms with Crippen LogP contribution in [0.2, 0.25) is 0 Å². The molecule has 148 valence electrons. The summed E-state index contributed by atoms with van der Waals surface area (Å²) < 4.78 is 3.80. The van der Waals surface area contributed by atoms with Gasteiger partial charge in [-0.1, -0.05) is 12.1 Å². The predicted octanol–water partition coefficient (Wildman–Crippen LogP) is 2.20. The minimum absolute atomic E-state index is 0.449. The fourth-order valence-corrected chi connectivity index (χ4v) is 3.18. The maximum Gasteiger partial charge on any atom is 0.248 e. The number of nitrogens with zero attached hydrogens (tertiary/aromatic N) is 6. The Hall–Kier alpha value is -3.75. The molecule has 0 aliphatic carbocycles. The van der Waals surface area contributed by atoms with E-state index in [1.807, 2.05) is 22.4 Å². The zero-order valence-electron chi connectivity index (χ0n) is 16.3. The van der Waals surface area contributed by atoms with E-state index >= 15 is 0 Å². The van der Waals surface area contributed by atoms with E-state index in [0.717, 1.165) is 35.6 Å². The van der Waals surface area contributed by atoms with Gasteiger partial charge in [0.1, 0.15) is 5.69 Å². The molecule has 1 amide bonds. The number of nitrogens with two attached hydrogens (primary N) is 1. The zero-order chi connectivity index (χ0) is 20.4. The summed E-state index contributed by atoms with van der Waals surface area (Å²) in [4.78, 5) is 23.2. The van der Waals surface area contributed by atoms with Crippen LogP contribution in [0.25, 0.3) is 22.9 Å². The van der Waals surface area contributed by atoms with Crippen LogP contribution in [0, 0.1) is 6.92 Å². The van der Waals surface area contributed by atoms with Crippen molar-refractivity contribution in [3.05, 3.63) is 59.8 Å². The largest absolute Gasteiger partial charge is 0.366 e. The lowest BCUT2D eigenvalue weighted by molar-refractivity contribution is 0.100. The van der Waals surface area contributed by atoms with Gasteiger partial charge in [0, 0.05) is 48.2 Å². The predicted molar refractivity (Wildman–Crippen MR) is 108 cm³/mol. The molecule has 4 rings (SSSR count). The number of aryl methyl sites for hydroxylation is 4. The molecule has 0 atom stereocenters. The number of imidazole rings is 1. The van der Waals surface area contributed by atoms with Crippen molar-refractivity contribution >= 4 is 5.91 Å². The molecule has 3 aromatic heterocycles. The fraction of sp³-hybridized carbons (Fsp3) is 0.250. The molecule has 0 fully saturated rings. The van der Waals surface area contributed by atoms with E-state index in [9.17, 15) is 4.79 Å². The highest BCUT2D eigenvalue weighted by Crippen LogP contribution is 2.23. The molecule has 9 heteroatoms. The second kappa shape index (κ2) is 7.70. The zero-order valence-corrected chi connectivity index (χ0v) is 16.3. The van der Waals surface area contributed by atoms with Crippen molar-refractivity contribution in [2.24, 2.45) is 5.73 Å². The molecule has 3 N–H and O–H groups in total. The van der Waals surface area contributed by atoms with Crippen molar-refractivity contribution in [2.45, 2.75) is 33.4 Å². The van der Waals surface area contributed by atoms with Crippen LogP contribution in [0.3, 0.4) is 0 Å². The first-order valence-corrected chi connectivity index (χ1v) is 9.42. The van der Waals surface area contributed by atoms with Gasteiger partial charge in [-0.25, -0.2) is 14.6 Å². The van der Waals surface area contributed by atoms with E-state index < -0.39 is 5.91 Å². The number of hydrogen-bond donors (Lipinski definition) is 2. The van der Waals surface area contributed by atoms with Gasteiger partial charge in [-0.05, 0) is 32.0 Å². The van der Waals surface area contributed by atoms with Crippen LogP contribution >= 0.6 is 0 Å². The number of carbonyl (C=O) groups is 1. The molecule has 0 saturated carbocycles. The molecule has 0 aliphatic heterocycles. The van der Waals surface area contributed by atoms with Gasteiger partial charge in [-0.2, -0.15) is 10.2 Å². The number of H-pyrrole nitrogens is 1. The van der Waals surface area contributed by atoms with Crippen LogP contribution in [0.5, 0.6) is 0 Å². The number of amides is 1. The first-order chi connectivity index (χ1) is 14.0. The smallest absolute Gasteiger partial charge is 0.248 e. The lowest BCUT2D eigenvalue weighted by atomic mass is 10.1. The van der Waals surface area contributed by atoms with Crippen molar-refractivity contribution in [1.29, 1.82) is 0 Å². The lowest BCUT2D eigenvalue weighted by Crippen LogP contribution is -2.10. The van der Waals surface area contributed by atoms with Crippen LogP contribution in [-0.2, 0) is 19.5 Å². The Morgan fingerprint density at radius 1 is 1.17 bits per heavy atom. The Labute approximate surface area is 167 Å². The van der Waals surface area contributed by atoms with Crippen LogP contribution in [0.15, 0.2) is 42.9 Å². The molecule has 0 saturated heterocycles. The van der Waals surface area contributed by atoms with Crippen molar-refractivity contribution in [3.8, 4) is 22.9 Å². The summed E-state index contributed by atoms with van der Waals surface area (Å²) in [6.45, 7) is 5.49. The van der Waals surface area contributed by atoms with Crippen LogP contribution in [0.4, 0.5) is 0 Å². The van der Waals surface area contributed by atoms with Crippen molar-refractivity contribution < 1.29 is 4.79 Å². The Bertz CT molecular complexity index is 1120. The average molecular weight is 390 g/mol. The van der Waals surface area contributed by atoms with Gasteiger partial charge in [0.05, 0.1) is 6.33 Å². The third-order valence-electron chi connectivity index (χ3n) is 4.76. The van der Waals surface area contributed by atoms with Crippen LogP contribution in [-0.4, -0.2) is 40.4 Å². The average Bonchev–Trinajstić information content (AvgIpc) is 3.46. The molecule has 0 aliphatic rings. The van der Waals surface area contributed by atoms with E-state index in [-0.39, 0.29) is 0 Å². The number of benzene rings is 1. The molecule has 1 aromatic carbocycles. The summed E-state index contributed by atoms with van der Waals surface area (Å²) in [5.41, 5.74) is 9.46. The first-order valence-electron chi connectivity index (χ1n) is 9.42. The van der Waals surface area contributed by atoms with Crippen molar-refractivity contribution in [3.63, 3.8) is 0 Å². The molecule has 9 nitrogen and oxygen atoms in total. The normalized spacial score (nSPS) is 11.1. The number of aromatic nitrogens is 7. The third-order valence-corrected chi connectivity index (χ3v) is 4.76. The number of rotatable bonds is 7. The third kappa shape index (κ3) is 3.79. The summed E-state index contributed by atoms with van der Waals surface area (Å²) in [5.74, 6) is 0.814. The number of carbonyl (C=O) groups excluding carboxylic acids is 1. The van der Waals surface area contributed by atoms with Gasteiger partial charge in [0.2, 0.25) is 5.91 Å². The first kappa shape index (κ1) is 18.6. The molecule has 0 unspecified atom stereocenters. The van der Waals surface area contributed by atoms with Gasteiger partial charge in [-0.3, -0.25) is 9.48 Å². The highest BCUT2D eigenvalue weighted by molar-refractivity contribution is 5.93. The fourth-order valence-electron chi connectivity index (χ4n) is 3.18. The summed E-state index contributed by atoms with van der Waals surface area (Å²) in [6.07, 6.45) is 4.20. The quantitative estimate of drug-likeness (QED) is 0.501. The van der Waals surface area contributed by atoms with Crippen molar-refractivity contribution in [1.82, 2.24) is 34.5 Å². The molecule has 4 aromatic rings. The molecule has 0 radical (unpaired) electrons. The highest BCUT2D eigenvalue weighted by atomic mass is 16.1. The molecular weight excluding hydrogens is 368 g/mol. The minimum atomic E-state index is -0.462. The summed E-state index contributed by atoms with van der Waals surface area (Å²) in [6, 6.07) is 8.97. The van der Waals surface area contributed by atoms with Gasteiger partial charge in [0.15, 0.2) is 11.6 Å². The second-order valence-corrected chi connectivity index (χ2v) is 6.74. The van der Waals surface area contributed by atoms with Gasteiger partial charge in [0.25, 0.3) is 0 Å². The number of aromatic amines is 1. The second-order valence-electron chi connectivity index (χ2n) is 6.74. The lowest BCUT2D eigenvalue weighted by Gasteiger charge is -2.03. The molecule has 0 spiro atoms. The molecule has 0 bridgehead atoms. The van der Waals surface area contributed by atoms with Gasteiger partial charge >= 0.3 is 0 Å². The maximum absolute atomic E-state index is 11.3. The summed E-state index contributed by atoms with van der Waals surface area (Å²) in [5, 5.41) is 9.36. The van der Waals surface area contributed by atoms with Crippen LogP contribution in [0.1, 0.15) is 28.7 Å². The van der Waals surface area contributed by atoms with E-state index in [4.69, 9.17) is 15.8 Å². The van der Waals surface area contributed by atoms with Crippen molar-refractivity contribution in [2.75, 3.05) is 0 Å². The number of primary amides is 1. The number of nitrogens with one attached hydrogen (secondary N) is 1. The molecule has 29 heavy (non-hydrogen) atoms. The van der Waals surface area contributed by atoms with E-state index in [2.05, 4.69) is 22.0 Å². The molecular formula is C20H22N8O. The Morgan fingerprint density at radius 3 is 2.59 bits per heavy atom. The highest BCUT2D eigenvalue weighted by Gasteiger charge is 2.17. The van der Waals surface area contributed by atoms with Crippen LogP contribution < -0.4 is 5.73 Å². The van der Waals surface area contributed by atoms with E-state index in [1.54, 1.807) is 36.8 Å². The standard InChI is InChI=1S/C20H22N8O/c1-3-27-13(2)10-17(25-27)20-24-19(15-6-4-14(5-7-15)18(21)29)26-28(20)9-8-16-11-22-12-23-16/h4-7,10-12H,3,8-9H2,1-2H3,(H2,21,29)(H,22,23). The maximum atomic E-state index is 11.3. The Balaban J connectivity index is 1.71. The Kier molecular flexibility index (Phi) is 4.94. The minimum Gasteiger partial charge on any atom is -0.366 e. The monoisotopic (exact) mass is 390 g/mol. The van der Waals surface area contributed by atoms with Gasteiger partial charge < -0.3 is 10.7 Å². The summed E-state index contributed by atoms with van der Waals surface area (Å²) in [7, 11) is 0. The van der Waals surface area contributed by atoms with E-state index in [0.29, 0.717) is 23.8 Å².